The van der Waals surface area contributed by atoms with Gasteiger partial charge in [0.2, 0.25) is 6.79 Å². The minimum absolute atomic E-state index is 0.338. The van der Waals surface area contributed by atoms with Gasteiger partial charge in [0.1, 0.15) is 0 Å². The molecule has 4 rings (SSSR count). The monoisotopic (exact) mass is 379 g/mol. The lowest BCUT2D eigenvalue weighted by Crippen LogP contribution is -2.45. The number of ether oxygens (including phenoxy) is 2. The van der Waals surface area contributed by atoms with Gasteiger partial charge >= 0.3 is 0 Å². The van der Waals surface area contributed by atoms with Crippen LogP contribution < -0.4 is 14.4 Å². The molecule has 28 heavy (non-hydrogen) atoms. The fourth-order valence-electron chi connectivity index (χ4n) is 3.65. The first-order valence-electron chi connectivity index (χ1n) is 9.94. The lowest BCUT2D eigenvalue weighted by Gasteiger charge is -2.34. The van der Waals surface area contributed by atoms with Crippen molar-refractivity contribution in [2.45, 2.75) is 6.54 Å². The molecule has 2 aliphatic rings. The third-order valence-corrected chi connectivity index (χ3v) is 5.39. The van der Waals surface area contributed by atoms with Crippen molar-refractivity contribution in [2.24, 2.45) is 0 Å². The molecule has 2 aromatic carbocycles. The molecule has 1 saturated heterocycles. The Balaban J connectivity index is 1.22. The first kappa shape index (κ1) is 18.8. The Morgan fingerprint density at radius 3 is 2.36 bits per heavy atom. The van der Waals surface area contributed by atoms with Crippen LogP contribution in [0.4, 0.5) is 5.69 Å². The van der Waals surface area contributed by atoms with Gasteiger partial charge in [-0.15, -0.1) is 0 Å². The highest BCUT2D eigenvalue weighted by atomic mass is 16.7. The van der Waals surface area contributed by atoms with Crippen molar-refractivity contribution in [3.8, 4) is 11.5 Å². The van der Waals surface area contributed by atoms with Gasteiger partial charge in [-0.3, -0.25) is 9.80 Å². The molecule has 2 aliphatic heterocycles. The molecule has 148 valence electrons. The summed E-state index contributed by atoms with van der Waals surface area (Å²) in [6, 6.07) is 14.9. The van der Waals surface area contributed by atoms with E-state index in [1.807, 2.05) is 6.07 Å². The van der Waals surface area contributed by atoms with Crippen molar-refractivity contribution < 1.29 is 9.47 Å². The van der Waals surface area contributed by atoms with Gasteiger partial charge in [0.15, 0.2) is 11.5 Å². The Kier molecular flexibility index (Phi) is 5.84. The van der Waals surface area contributed by atoms with Gasteiger partial charge in [-0.2, -0.15) is 0 Å². The minimum atomic E-state index is 0.338. The normalized spacial score (nSPS) is 17.4. The number of hydrogen-bond donors (Lipinski definition) is 0. The van der Waals surface area contributed by atoms with Crippen LogP contribution >= 0.6 is 0 Å². The van der Waals surface area contributed by atoms with Crippen molar-refractivity contribution in [3.05, 3.63) is 59.7 Å². The lowest BCUT2D eigenvalue weighted by molar-refractivity contribution is 0.137. The fraction of sp³-hybridized carbons (Fsp3) is 0.391. The Morgan fingerprint density at radius 2 is 1.61 bits per heavy atom. The van der Waals surface area contributed by atoms with Crippen molar-refractivity contribution in [3.63, 3.8) is 0 Å². The van der Waals surface area contributed by atoms with E-state index in [0.29, 0.717) is 6.79 Å². The zero-order valence-electron chi connectivity index (χ0n) is 16.8. The first-order chi connectivity index (χ1) is 13.7. The molecular formula is C23H29N3O2. The summed E-state index contributed by atoms with van der Waals surface area (Å²) in [4.78, 5) is 7.15. The van der Waals surface area contributed by atoms with Gasteiger partial charge in [-0.05, 0) is 35.4 Å². The summed E-state index contributed by atoms with van der Waals surface area (Å²) in [5.41, 5.74) is 3.78. The quantitative estimate of drug-likeness (QED) is 0.768. The van der Waals surface area contributed by atoms with E-state index in [1.165, 1.54) is 16.8 Å². The third kappa shape index (κ3) is 4.66. The molecule has 0 N–H and O–H groups in total. The van der Waals surface area contributed by atoms with Crippen LogP contribution in [0.1, 0.15) is 11.1 Å². The molecule has 0 spiro atoms. The summed E-state index contributed by atoms with van der Waals surface area (Å²) in [7, 11) is 4.13. The van der Waals surface area contributed by atoms with Crippen LogP contribution in [-0.2, 0) is 6.54 Å². The van der Waals surface area contributed by atoms with E-state index in [4.69, 9.17) is 9.47 Å². The van der Waals surface area contributed by atoms with E-state index in [9.17, 15) is 0 Å². The topological polar surface area (TPSA) is 28.2 Å². The van der Waals surface area contributed by atoms with Gasteiger partial charge in [0.05, 0.1) is 0 Å². The van der Waals surface area contributed by atoms with Gasteiger partial charge in [-0.25, -0.2) is 0 Å². The zero-order chi connectivity index (χ0) is 19.3. The summed E-state index contributed by atoms with van der Waals surface area (Å²) < 4.78 is 10.9. The van der Waals surface area contributed by atoms with Crippen LogP contribution in [0, 0.1) is 0 Å². The summed E-state index contributed by atoms with van der Waals surface area (Å²) in [6.07, 6.45) is 4.50. The molecular weight excluding hydrogens is 350 g/mol. The standard InChI is InChI=1S/C23H29N3O2/c1-24(2)21-8-5-19(6-9-21)4-3-11-25-12-14-26(15-13-25)17-20-7-10-22-23(16-20)28-18-27-22/h3-10,16H,11-15,17-18H2,1-2H3/b4-3+. The number of piperazine rings is 1. The smallest absolute Gasteiger partial charge is 0.231 e. The fourth-order valence-corrected chi connectivity index (χ4v) is 3.65. The van der Waals surface area contributed by atoms with Crippen molar-refractivity contribution in [1.29, 1.82) is 0 Å². The van der Waals surface area contributed by atoms with E-state index < -0.39 is 0 Å². The number of nitrogens with zero attached hydrogens (tertiary/aromatic N) is 3. The summed E-state index contributed by atoms with van der Waals surface area (Å²) >= 11 is 0. The number of rotatable bonds is 6. The molecule has 0 aromatic heterocycles. The molecule has 0 aliphatic carbocycles. The molecule has 2 heterocycles. The molecule has 0 unspecified atom stereocenters. The highest BCUT2D eigenvalue weighted by Crippen LogP contribution is 2.32. The van der Waals surface area contributed by atoms with Crippen LogP contribution in [0.15, 0.2) is 48.5 Å². The van der Waals surface area contributed by atoms with Crippen molar-refractivity contribution >= 4 is 11.8 Å². The van der Waals surface area contributed by atoms with Crippen LogP contribution in [-0.4, -0.2) is 63.4 Å². The highest BCUT2D eigenvalue weighted by Gasteiger charge is 2.18. The van der Waals surface area contributed by atoms with Crippen LogP contribution in [0.5, 0.6) is 11.5 Å². The molecule has 1 fully saturated rings. The molecule has 5 heteroatoms. The second kappa shape index (κ2) is 8.67. The van der Waals surface area contributed by atoms with Gasteiger partial charge in [-0.1, -0.05) is 30.4 Å². The van der Waals surface area contributed by atoms with Crippen molar-refractivity contribution in [2.75, 3.05) is 58.5 Å². The predicted octanol–water partition coefficient (Wildman–Crippen LogP) is 3.31. The van der Waals surface area contributed by atoms with Gasteiger partial charge in [0, 0.05) is 59.1 Å². The van der Waals surface area contributed by atoms with Crippen LogP contribution in [0.2, 0.25) is 0 Å². The second-order valence-electron chi connectivity index (χ2n) is 7.65. The number of benzene rings is 2. The largest absolute Gasteiger partial charge is 0.454 e. The van der Waals surface area contributed by atoms with Crippen LogP contribution in [0.25, 0.3) is 6.08 Å². The van der Waals surface area contributed by atoms with E-state index in [2.05, 4.69) is 77.3 Å². The van der Waals surface area contributed by atoms with E-state index >= 15 is 0 Å². The third-order valence-electron chi connectivity index (χ3n) is 5.39. The Morgan fingerprint density at radius 1 is 0.893 bits per heavy atom. The van der Waals surface area contributed by atoms with E-state index in [0.717, 1.165) is 50.8 Å². The minimum Gasteiger partial charge on any atom is -0.454 e. The summed E-state index contributed by atoms with van der Waals surface area (Å²) in [5, 5.41) is 0. The number of hydrogen-bond acceptors (Lipinski definition) is 5. The Labute approximate surface area is 167 Å². The molecule has 0 amide bonds. The Hall–Kier alpha value is -2.50. The van der Waals surface area contributed by atoms with E-state index in [-0.39, 0.29) is 0 Å². The Bertz CT molecular complexity index is 809. The highest BCUT2D eigenvalue weighted by molar-refractivity contribution is 5.55. The number of fused-ring (bicyclic) bond motifs is 1. The molecule has 0 saturated carbocycles. The SMILES string of the molecule is CN(C)c1ccc(/C=C/CN2CCN(Cc3ccc4c(c3)OCO4)CC2)cc1. The van der Waals surface area contributed by atoms with Gasteiger partial charge in [0.25, 0.3) is 0 Å². The average Bonchev–Trinajstić information content (AvgIpc) is 3.18. The second-order valence-corrected chi connectivity index (χ2v) is 7.65. The summed E-state index contributed by atoms with van der Waals surface area (Å²) in [5.74, 6) is 1.73. The lowest BCUT2D eigenvalue weighted by atomic mass is 10.1. The molecule has 5 nitrogen and oxygen atoms in total. The van der Waals surface area contributed by atoms with Gasteiger partial charge < -0.3 is 14.4 Å². The van der Waals surface area contributed by atoms with E-state index in [1.54, 1.807) is 0 Å². The molecule has 2 aromatic rings. The zero-order valence-corrected chi connectivity index (χ0v) is 16.8. The maximum atomic E-state index is 5.49. The molecule has 0 bridgehead atoms. The predicted molar refractivity (Wildman–Crippen MR) is 114 cm³/mol. The first-order valence-corrected chi connectivity index (χ1v) is 9.94. The maximum absolute atomic E-state index is 5.49. The maximum Gasteiger partial charge on any atom is 0.231 e. The average molecular weight is 380 g/mol. The summed E-state index contributed by atoms with van der Waals surface area (Å²) in [6.45, 7) is 6.72. The molecule has 0 atom stereocenters. The molecule has 0 radical (unpaired) electrons. The van der Waals surface area contributed by atoms with Crippen LogP contribution in [0.3, 0.4) is 0 Å². The number of anilines is 1. The van der Waals surface area contributed by atoms with Crippen molar-refractivity contribution in [1.82, 2.24) is 9.80 Å².